The van der Waals surface area contributed by atoms with Gasteiger partial charge in [0.25, 0.3) is 0 Å². The number of anilines is 1. The Morgan fingerprint density at radius 2 is 2.29 bits per heavy atom. The minimum Gasteiger partial charge on any atom is -0.389 e. The van der Waals surface area contributed by atoms with E-state index in [0.29, 0.717) is 17.3 Å². The van der Waals surface area contributed by atoms with Crippen molar-refractivity contribution in [2.45, 2.75) is 26.0 Å². The van der Waals surface area contributed by atoms with Gasteiger partial charge in [0.15, 0.2) is 0 Å². The van der Waals surface area contributed by atoms with Crippen molar-refractivity contribution in [2.75, 3.05) is 23.0 Å². The first-order valence-corrected chi connectivity index (χ1v) is 7.07. The topological polar surface area (TPSA) is 23.5 Å². The van der Waals surface area contributed by atoms with E-state index in [1.165, 1.54) is 6.07 Å². The molecule has 1 aliphatic rings. The molecule has 1 saturated heterocycles. The lowest BCUT2D eigenvalue weighted by Gasteiger charge is -2.36. The van der Waals surface area contributed by atoms with Crippen molar-refractivity contribution in [3.05, 3.63) is 29.6 Å². The quantitative estimate of drug-likeness (QED) is 0.879. The Labute approximate surface area is 106 Å². The molecule has 94 valence electrons. The number of rotatable bonds is 2. The summed E-state index contributed by atoms with van der Waals surface area (Å²) in [5, 5.41) is 9.75. The van der Waals surface area contributed by atoms with Gasteiger partial charge in [0.1, 0.15) is 5.82 Å². The summed E-state index contributed by atoms with van der Waals surface area (Å²) in [5.74, 6) is 1.79. The summed E-state index contributed by atoms with van der Waals surface area (Å²) in [5.41, 5.74) is 1.26. The molecular weight excluding hydrogens is 237 g/mol. The van der Waals surface area contributed by atoms with Crippen LogP contribution >= 0.6 is 11.8 Å². The van der Waals surface area contributed by atoms with E-state index in [1.807, 2.05) is 11.8 Å². The summed E-state index contributed by atoms with van der Waals surface area (Å²) in [4.78, 5) is 2.08. The van der Waals surface area contributed by atoms with Crippen molar-refractivity contribution >= 4 is 17.4 Å². The first-order valence-electron chi connectivity index (χ1n) is 5.92. The molecule has 0 spiro atoms. The monoisotopic (exact) mass is 255 g/mol. The number of halogens is 1. The van der Waals surface area contributed by atoms with Gasteiger partial charge >= 0.3 is 0 Å². The van der Waals surface area contributed by atoms with Crippen molar-refractivity contribution in [3.8, 4) is 0 Å². The maximum absolute atomic E-state index is 14.0. The molecule has 2 atom stereocenters. The van der Waals surface area contributed by atoms with Crippen molar-refractivity contribution in [2.24, 2.45) is 0 Å². The molecule has 4 heteroatoms. The zero-order valence-electron chi connectivity index (χ0n) is 10.2. The summed E-state index contributed by atoms with van der Waals surface area (Å²) in [6.45, 7) is 4.62. The fourth-order valence-corrected chi connectivity index (χ4v) is 3.25. The minimum absolute atomic E-state index is 0.234. The lowest BCUT2D eigenvalue weighted by Crippen LogP contribution is -2.41. The van der Waals surface area contributed by atoms with E-state index in [1.54, 1.807) is 19.1 Å². The lowest BCUT2D eigenvalue weighted by molar-refractivity contribution is 0.199. The molecule has 17 heavy (non-hydrogen) atoms. The number of nitrogens with zero attached hydrogens (tertiary/aromatic N) is 1. The third kappa shape index (κ3) is 2.58. The highest BCUT2D eigenvalue weighted by molar-refractivity contribution is 7.99. The molecule has 0 amide bonds. The highest BCUT2D eigenvalue weighted by Gasteiger charge is 2.25. The fourth-order valence-electron chi connectivity index (χ4n) is 2.23. The molecule has 0 radical (unpaired) electrons. The first kappa shape index (κ1) is 12.7. The van der Waals surface area contributed by atoms with E-state index in [0.717, 1.165) is 18.1 Å². The molecule has 0 saturated carbocycles. The van der Waals surface area contributed by atoms with E-state index in [-0.39, 0.29) is 5.82 Å². The van der Waals surface area contributed by atoms with Crippen LogP contribution in [0.15, 0.2) is 18.2 Å². The Balaban J connectivity index is 2.41. The molecule has 1 aromatic rings. The maximum Gasteiger partial charge on any atom is 0.146 e. The third-order valence-electron chi connectivity index (χ3n) is 3.12. The van der Waals surface area contributed by atoms with Gasteiger partial charge in [-0.3, -0.25) is 0 Å². The lowest BCUT2D eigenvalue weighted by atomic mass is 10.1. The molecule has 1 fully saturated rings. The predicted molar refractivity (Wildman–Crippen MR) is 71.2 cm³/mol. The Bertz CT molecular complexity index is 397. The molecule has 0 aromatic heterocycles. The highest BCUT2D eigenvalue weighted by Crippen LogP contribution is 2.33. The van der Waals surface area contributed by atoms with Gasteiger partial charge in [-0.25, -0.2) is 4.39 Å². The molecule has 1 heterocycles. The second kappa shape index (κ2) is 5.27. The largest absolute Gasteiger partial charge is 0.389 e. The predicted octanol–water partition coefficient (Wildman–Crippen LogP) is 2.82. The minimum atomic E-state index is -0.637. The molecule has 1 aliphatic heterocycles. The van der Waals surface area contributed by atoms with Crippen LogP contribution in [0.25, 0.3) is 0 Å². The van der Waals surface area contributed by atoms with Gasteiger partial charge < -0.3 is 10.0 Å². The number of para-hydroxylation sites is 1. The van der Waals surface area contributed by atoms with Crippen LogP contribution in [0.5, 0.6) is 0 Å². The summed E-state index contributed by atoms with van der Waals surface area (Å²) < 4.78 is 14.0. The molecular formula is C13H18FNOS. The van der Waals surface area contributed by atoms with Crippen molar-refractivity contribution in [3.63, 3.8) is 0 Å². The Morgan fingerprint density at radius 3 is 2.94 bits per heavy atom. The molecule has 2 rings (SSSR count). The Kier molecular flexibility index (Phi) is 3.94. The van der Waals surface area contributed by atoms with E-state index in [4.69, 9.17) is 0 Å². The molecule has 0 bridgehead atoms. The summed E-state index contributed by atoms with van der Waals surface area (Å²) >= 11 is 1.89. The smallest absolute Gasteiger partial charge is 0.146 e. The maximum atomic E-state index is 14.0. The van der Waals surface area contributed by atoms with Gasteiger partial charge in [0, 0.05) is 29.7 Å². The molecule has 1 unspecified atom stereocenters. The SMILES string of the molecule is CC1CSCCN1c1c(F)cccc1[C@@H](C)O. The van der Waals surface area contributed by atoms with Crippen LogP contribution in [0.4, 0.5) is 10.1 Å². The van der Waals surface area contributed by atoms with Crippen LogP contribution in [0.2, 0.25) is 0 Å². The van der Waals surface area contributed by atoms with Crippen LogP contribution < -0.4 is 4.90 Å². The second-order valence-electron chi connectivity index (χ2n) is 4.47. The normalized spacial score (nSPS) is 22.6. The summed E-state index contributed by atoms with van der Waals surface area (Å²) in [7, 11) is 0. The van der Waals surface area contributed by atoms with Crippen LogP contribution in [-0.2, 0) is 0 Å². The highest BCUT2D eigenvalue weighted by atomic mass is 32.2. The number of aliphatic hydroxyl groups excluding tert-OH is 1. The van der Waals surface area contributed by atoms with Gasteiger partial charge in [-0.05, 0) is 19.9 Å². The zero-order chi connectivity index (χ0) is 12.4. The number of benzene rings is 1. The van der Waals surface area contributed by atoms with Crippen molar-refractivity contribution in [1.82, 2.24) is 0 Å². The number of hydrogen-bond donors (Lipinski definition) is 1. The average Bonchev–Trinajstić information content (AvgIpc) is 2.30. The van der Waals surface area contributed by atoms with Gasteiger partial charge in [0.05, 0.1) is 11.8 Å². The first-order chi connectivity index (χ1) is 8.11. The third-order valence-corrected chi connectivity index (χ3v) is 4.31. The van der Waals surface area contributed by atoms with E-state index in [2.05, 4.69) is 11.8 Å². The van der Waals surface area contributed by atoms with Gasteiger partial charge in [0.2, 0.25) is 0 Å². The average molecular weight is 255 g/mol. The van der Waals surface area contributed by atoms with E-state index < -0.39 is 6.10 Å². The van der Waals surface area contributed by atoms with Gasteiger partial charge in [-0.15, -0.1) is 0 Å². The van der Waals surface area contributed by atoms with Crippen LogP contribution in [0, 0.1) is 5.82 Å². The second-order valence-corrected chi connectivity index (χ2v) is 5.62. The fraction of sp³-hybridized carbons (Fsp3) is 0.538. The number of thioether (sulfide) groups is 1. The number of hydrogen-bond acceptors (Lipinski definition) is 3. The van der Waals surface area contributed by atoms with E-state index >= 15 is 0 Å². The molecule has 0 aliphatic carbocycles. The Morgan fingerprint density at radius 1 is 1.53 bits per heavy atom. The summed E-state index contributed by atoms with van der Waals surface area (Å²) in [6.07, 6.45) is -0.637. The van der Waals surface area contributed by atoms with Crippen LogP contribution in [0.1, 0.15) is 25.5 Å². The standard InChI is InChI=1S/C13H18FNOS/c1-9-8-17-7-6-15(9)13-11(10(2)16)4-3-5-12(13)14/h3-5,9-10,16H,6-8H2,1-2H3/t9?,10-/m1/s1. The molecule has 2 nitrogen and oxygen atoms in total. The zero-order valence-corrected chi connectivity index (χ0v) is 11.0. The molecule has 1 aromatic carbocycles. The van der Waals surface area contributed by atoms with Crippen molar-refractivity contribution < 1.29 is 9.50 Å². The van der Waals surface area contributed by atoms with Gasteiger partial charge in [-0.2, -0.15) is 11.8 Å². The van der Waals surface area contributed by atoms with Crippen molar-refractivity contribution in [1.29, 1.82) is 0 Å². The van der Waals surface area contributed by atoms with Gasteiger partial charge in [-0.1, -0.05) is 12.1 Å². The van der Waals surface area contributed by atoms with E-state index in [9.17, 15) is 9.50 Å². The number of aliphatic hydroxyl groups is 1. The van der Waals surface area contributed by atoms with Crippen LogP contribution in [0.3, 0.4) is 0 Å². The Hall–Kier alpha value is -0.740. The summed E-state index contributed by atoms with van der Waals surface area (Å²) in [6, 6.07) is 5.24. The van der Waals surface area contributed by atoms with Crippen LogP contribution in [-0.4, -0.2) is 29.2 Å². The molecule has 1 N–H and O–H groups in total.